The normalized spacial score (nSPS) is 11.9. The molecule has 2 rings (SSSR count). The van der Waals surface area contributed by atoms with Gasteiger partial charge in [0.05, 0.1) is 18.1 Å². The Balaban J connectivity index is 1.76. The molecule has 0 saturated heterocycles. The molecule has 122 valence electrons. The summed E-state index contributed by atoms with van der Waals surface area (Å²) in [6.45, 7) is 2.36. The van der Waals surface area contributed by atoms with E-state index < -0.39 is 11.0 Å². The first kappa shape index (κ1) is 16.9. The number of rotatable bonds is 8. The summed E-state index contributed by atoms with van der Waals surface area (Å²) >= 11 is 0. The Bertz CT molecular complexity index is 645. The molecule has 6 heteroatoms. The predicted molar refractivity (Wildman–Crippen MR) is 85.4 cm³/mol. The smallest absolute Gasteiger partial charge is 0.269 e. The number of non-ortho nitro benzene ring substituents is 1. The number of aliphatic hydroxyl groups is 1. The number of nitrogens with zero attached hydrogens (tertiary/aromatic N) is 1. The maximum absolute atomic E-state index is 10.7. The Labute approximate surface area is 134 Å². The molecule has 0 aliphatic rings. The number of ether oxygens (including phenoxy) is 2. The Hall–Kier alpha value is -2.44. The van der Waals surface area contributed by atoms with Crippen LogP contribution in [0.25, 0.3) is 0 Å². The molecule has 0 radical (unpaired) electrons. The van der Waals surface area contributed by atoms with Crippen molar-refractivity contribution in [2.45, 2.75) is 19.6 Å². The van der Waals surface area contributed by atoms with Gasteiger partial charge in [0, 0.05) is 12.1 Å². The molecule has 23 heavy (non-hydrogen) atoms. The van der Waals surface area contributed by atoms with Gasteiger partial charge in [-0.05, 0) is 24.1 Å². The summed E-state index contributed by atoms with van der Waals surface area (Å²) in [7, 11) is 0. The number of benzene rings is 2. The number of aliphatic hydroxyl groups excluding tert-OH is 1. The minimum absolute atomic E-state index is 0.0154. The summed E-state index contributed by atoms with van der Waals surface area (Å²) in [6, 6.07) is 14.0. The van der Waals surface area contributed by atoms with Crippen molar-refractivity contribution in [1.29, 1.82) is 0 Å². The molecule has 0 aliphatic carbocycles. The lowest BCUT2D eigenvalue weighted by Gasteiger charge is -2.14. The highest BCUT2D eigenvalue weighted by Gasteiger charge is 2.11. The Morgan fingerprint density at radius 1 is 1.17 bits per heavy atom. The minimum atomic E-state index is -0.770. The van der Waals surface area contributed by atoms with Crippen LogP contribution in [-0.4, -0.2) is 29.3 Å². The second-order valence-corrected chi connectivity index (χ2v) is 5.17. The average Bonchev–Trinajstić information content (AvgIpc) is 2.54. The van der Waals surface area contributed by atoms with Gasteiger partial charge in [-0.25, -0.2) is 0 Å². The quantitative estimate of drug-likeness (QED) is 0.598. The zero-order valence-corrected chi connectivity index (χ0v) is 12.8. The van der Waals surface area contributed by atoms with E-state index in [2.05, 4.69) is 0 Å². The van der Waals surface area contributed by atoms with Crippen LogP contribution in [0.15, 0.2) is 48.5 Å². The fourth-order valence-corrected chi connectivity index (χ4v) is 2.03. The van der Waals surface area contributed by atoms with Gasteiger partial charge in [0.1, 0.15) is 18.5 Å². The van der Waals surface area contributed by atoms with Crippen LogP contribution in [0.4, 0.5) is 5.69 Å². The summed E-state index contributed by atoms with van der Waals surface area (Å²) in [6.07, 6.45) is -0.770. The SMILES string of the molecule is Cc1cc([N+](=O)[O-])ccc1OCC(O)COCc1ccccc1. The number of nitro groups is 1. The molecule has 0 amide bonds. The molecule has 6 nitrogen and oxygen atoms in total. The zero-order valence-electron chi connectivity index (χ0n) is 12.8. The zero-order chi connectivity index (χ0) is 16.7. The van der Waals surface area contributed by atoms with E-state index in [4.69, 9.17) is 9.47 Å². The van der Waals surface area contributed by atoms with Gasteiger partial charge in [0.2, 0.25) is 0 Å². The van der Waals surface area contributed by atoms with Crippen LogP contribution < -0.4 is 4.74 Å². The van der Waals surface area contributed by atoms with Crippen LogP contribution in [0.3, 0.4) is 0 Å². The summed E-state index contributed by atoms with van der Waals surface area (Å²) < 4.78 is 10.9. The predicted octanol–water partition coefficient (Wildman–Crippen LogP) is 2.86. The van der Waals surface area contributed by atoms with Crippen molar-refractivity contribution in [3.63, 3.8) is 0 Å². The molecular weight excluding hydrogens is 298 g/mol. The molecule has 2 aromatic rings. The van der Waals surface area contributed by atoms with Gasteiger partial charge in [-0.15, -0.1) is 0 Å². The molecular formula is C17H19NO5. The molecule has 2 aromatic carbocycles. The van der Waals surface area contributed by atoms with Crippen LogP contribution in [0.2, 0.25) is 0 Å². The number of nitro benzene ring substituents is 1. The van der Waals surface area contributed by atoms with Crippen molar-refractivity contribution in [2.75, 3.05) is 13.2 Å². The molecule has 0 bridgehead atoms. The lowest BCUT2D eigenvalue weighted by molar-refractivity contribution is -0.384. The van der Waals surface area contributed by atoms with E-state index in [0.29, 0.717) is 17.9 Å². The van der Waals surface area contributed by atoms with E-state index in [-0.39, 0.29) is 18.9 Å². The Morgan fingerprint density at radius 2 is 1.91 bits per heavy atom. The number of aryl methyl sites for hydroxylation is 1. The molecule has 0 aromatic heterocycles. The third-order valence-corrected chi connectivity index (χ3v) is 3.22. The van der Waals surface area contributed by atoms with E-state index in [1.54, 1.807) is 6.92 Å². The molecule has 1 N–H and O–H groups in total. The molecule has 0 spiro atoms. The van der Waals surface area contributed by atoms with Gasteiger partial charge in [0.15, 0.2) is 0 Å². The third kappa shape index (κ3) is 5.36. The monoisotopic (exact) mass is 317 g/mol. The highest BCUT2D eigenvalue weighted by molar-refractivity contribution is 5.42. The molecule has 0 heterocycles. The molecule has 0 saturated carbocycles. The first-order chi connectivity index (χ1) is 11.1. The van der Waals surface area contributed by atoms with Gasteiger partial charge in [0.25, 0.3) is 5.69 Å². The van der Waals surface area contributed by atoms with Gasteiger partial charge in [-0.1, -0.05) is 30.3 Å². The van der Waals surface area contributed by atoms with Crippen molar-refractivity contribution in [3.05, 3.63) is 69.8 Å². The fourth-order valence-electron chi connectivity index (χ4n) is 2.03. The van der Waals surface area contributed by atoms with E-state index in [1.807, 2.05) is 30.3 Å². The first-order valence-corrected chi connectivity index (χ1v) is 7.24. The maximum Gasteiger partial charge on any atom is 0.269 e. The van der Waals surface area contributed by atoms with Crippen molar-refractivity contribution in [3.8, 4) is 5.75 Å². The fraction of sp³-hybridized carbons (Fsp3) is 0.294. The standard InChI is InChI=1S/C17H19NO5/c1-13-9-15(18(20)21)7-8-17(13)23-12-16(19)11-22-10-14-5-3-2-4-6-14/h2-9,16,19H,10-12H2,1H3. The van der Waals surface area contributed by atoms with Crippen molar-refractivity contribution < 1.29 is 19.5 Å². The summed E-state index contributed by atoms with van der Waals surface area (Å²) in [5, 5.41) is 20.5. The third-order valence-electron chi connectivity index (χ3n) is 3.22. The molecule has 0 aliphatic heterocycles. The minimum Gasteiger partial charge on any atom is -0.491 e. The number of hydrogen-bond donors (Lipinski definition) is 1. The summed E-state index contributed by atoms with van der Waals surface area (Å²) in [5.41, 5.74) is 1.70. The van der Waals surface area contributed by atoms with Gasteiger partial charge in [-0.2, -0.15) is 0 Å². The van der Waals surface area contributed by atoms with Crippen LogP contribution in [0.5, 0.6) is 5.75 Å². The highest BCUT2D eigenvalue weighted by Crippen LogP contribution is 2.23. The highest BCUT2D eigenvalue weighted by atomic mass is 16.6. The van der Waals surface area contributed by atoms with Crippen molar-refractivity contribution in [1.82, 2.24) is 0 Å². The second kappa shape index (κ2) is 8.26. The average molecular weight is 317 g/mol. The van der Waals surface area contributed by atoms with Crippen molar-refractivity contribution in [2.24, 2.45) is 0 Å². The summed E-state index contributed by atoms with van der Waals surface area (Å²) in [5.74, 6) is 0.512. The lowest BCUT2D eigenvalue weighted by Crippen LogP contribution is -2.23. The van der Waals surface area contributed by atoms with E-state index in [9.17, 15) is 15.2 Å². The molecule has 0 fully saturated rings. The topological polar surface area (TPSA) is 81.8 Å². The summed E-state index contributed by atoms with van der Waals surface area (Å²) in [4.78, 5) is 10.2. The Kier molecular flexibility index (Phi) is 6.08. The van der Waals surface area contributed by atoms with E-state index in [0.717, 1.165) is 5.56 Å². The number of hydrogen-bond acceptors (Lipinski definition) is 5. The van der Waals surface area contributed by atoms with Gasteiger partial charge < -0.3 is 14.6 Å². The van der Waals surface area contributed by atoms with E-state index in [1.165, 1.54) is 18.2 Å². The maximum atomic E-state index is 10.7. The lowest BCUT2D eigenvalue weighted by atomic mass is 10.2. The van der Waals surface area contributed by atoms with E-state index >= 15 is 0 Å². The van der Waals surface area contributed by atoms with Gasteiger partial charge in [-0.3, -0.25) is 10.1 Å². The first-order valence-electron chi connectivity index (χ1n) is 7.24. The van der Waals surface area contributed by atoms with Crippen molar-refractivity contribution >= 4 is 5.69 Å². The molecule has 1 unspecified atom stereocenters. The van der Waals surface area contributed by atoms with Crippen LogP contribution in [0, 0.1) is 17.0 Å². The van der Waals surface area contributed by atoms with Crippen LogP contribution in [0.1, 0.15) is 11.1 Å². The van der Waals surface area contributed by atoms with Gasteiger partial charge >= 0.3 is 0 Å². The molecule has 1 atom stereocenters. The largest absolute Gasteiger partial charge is 0.491 e. The van der Waals surface area contributed by atoms with Crippen LogP contribution in [-0.2, 0) is 11.3 Å². The van der Waals surface area contributed by atoms with Crippen LogP contribution >= 0.6 is 0 Å². The Morgan fingerprint density at radius 3 is 2.57 bits per heavy atom. The second-order valence-electron chi connectivity index (χ2n) is 5.17.